The maximum atomic E-state index is 12.6. The first-order valence-corrected chi connectivity index (χ1v) is 8.09. The molecule has 2 N–H and O–H groups in total. The molecular formula is C16H21N3OS. The second-order valence-electron chi connectivity index (χ2n) is 5.94. The monoisotopic (exact) mass is 303 g/mol. The first kappa shape index (κ1) is 14.4. The number of nitrogens with two attached hydrogens (primary N) is 1. The molecule has 1 aromatic heterocycles. The smallest absolute Gasteiger partial charge is 0.265 e. The number of likely N-dealkylation sites (tertiary alicyclic amines) is 1. The van der Waals surface area contributed by atoms with Gasteiger partial charge >= 0.3 is 0 Å². The van der Waals surface area contributed by atoms with E-state index in [9.17, 15) is 4.79 Å². The fourth-order valence-electron chi connectivity index (χ4n) is 3.04. The Morgan fingerprint density at radius 1 is 1.48 bits per heavy atom. The third-order valence-corrected chi connectivity index (χ3v) is 5.37. The summed E-state index contributed by atoms with van der Waals surface area (Å²) in [6.07, 6.45) is 1.16. The van der Waals surface area contributed by atoms with Crippen LogP contribution in [-0.4, -0.2) is 49.4 Å². The third-order valence-electron chi connectivity index (χ3n) is 4.20. The Bertz CT molecular complexity index is 667. The molecule has 2 heterocycles. The molecule has 0 saturated carbocycles. The standard InChI is InChI=1S/C16H21N3OS/c1-18-8-7-11(9-18)10-19(2)16(20)15-14(17)12-5-3-4-6-13(12)21-15/h3-6,11H,7-10,17H2,1-2H3. The number of hydrogen-bond donors (Lipinski definition) is 1. The number of hydrogen-bond acceptors (Lipinski definition) is 4. The minimum Gasteiger partial charge on any atom is -0.397 e. The van der Waals surface area contributed by atoms with Gasteiger partial charge in [0, 0.05) is 30.2 Å². The lowest BCUT2D eigenvalue weighted by Crippen LogP contribution is -2.32. The van der Waals surface area contributed by atoms with Gasteiger partial charge in [-0.25, -0.2) is 0 Å². The van der Waals surface area contributed by atoms with Crippen molar-refractivity contribution in [3.63, 3.8) is 0 Å². The molecule has 2 aromatic rings. The minimum absolute atomic E-state index is 0.0447. The Hall–Kier alpha value is -1.59. The van der Waals surface area contributed by atoms with Crippen molar-refractivity contribution in [2.45, 2.75) is 6.42 Å². The summed E-state index contributed by atoms with van der Waals surface area (Å²) >= 11 is 1.49. The predicted octanol–water partition coefficient (Wildman–Crippen LogP) is 2.51. The van der Waals surface area contributed by atoms with Crippen molar-refractivity contribution in [1.82, 2.24) is 9.80 Å². The maximum absolute atomic E-state index is 12.6. The third kappa shape index (κ3) is 2.76. The number of carbonyl (C=O) groups is 1. The second-order valence-corrected chi connectivity index (χ2v) is 7.00. The SMILES string of the molecule is CN1CCC(CN(C)C(=O)c2sc3ccccc3c2N)C1. The molecule has 1 aliphatic heterocycles. The van der Waals surface area contributed by atoms with Crippen molar-refractivity contribution < 1.29 is 4.79 Å². The number of anilines is 1. The van der Waals surface area contributed by atoms with Gasteiger partial charge < -0.3 is 15.5 Å². The lowest BCUT2D eigenvalue weighted by Gasteiger charge is -2.21. The van der Waals surface area contributed by atoms with Crippen molar-refractivity contribution in [1.29, 1.82) is 0 Å². The van der Waals surface area contributed by atoms with Gasteiger partial charge in [0.15, 0.2) is 0 Å². The molecule has 1 aliphatic rings. The van der Waals surface area contributed by atoms with Crippen LogP contribution in [0.25, 0.3) is 10.1 Å². The second kappa shape index (κ2) is 5.66. The van der Waals surface area contributed by atoms with Crippen LogP contribution in [0.1, 0.15) is 16.1 Å². The van der Waals surface area contributed by atoms with E-state index in [1.165, 1.54) is 11.3 Å². The summed E-state index contributed by atoms with van der Waals surface area (Å²) in [7, 11) is 4.01. The first-order chi connectivity index (χ1) is 10.1. The molecular weight excluding hydrogens is 282 g/mol. The maximum Gasteiger partial charge on any atom is 0.265 e. The summed E-state index contributed by atoms with van der Waals surface area (Å²) in [5.74, 6) is 0.614. The van der Waals surface area contributed by atoms with Crippen molar-refractivity contribution in [3.8, 4) is 0 Å². The highest BCUT2D eigenvalue weighted by atomic mass is 32.1. The summed E-state index contributed by atoms with van der Waals surface area (Å²) < 4.78 is 1.08. The highest BCUT2D eigenvalue weighted by molar-refractivity contribution is 7.21. The van der Waals surface area contributed by atoms with Crippen LogP contribution >= 0.6 is 11.3 Å². The average Bonchev–Trinajstić information content (AvgIpc) is 3.03. The van der Waals surface area contributed by atoms with Crippen LogP contribution in [0, 0.1) is 5.92 Å². The Balaban J connectivity index is 1.78. The molecule has 1 atom stereocenters. The molecule has 1 aromatic carbocycles. The zero-order valence-corrected chi connectivity index (χ0v) is 13.3. The van der Waals surface area contributed by atoms with E-state index in [0.717, 1.165) is 36.1 Å². The van der Waals surface area contributed by atoms with E-state index < -0.39 is 0 Å². The van der Waals surface area contributed by atoms with E-state index in [2.05, 4.69) is 11.9 Å². The van der Waals surface area contributed by atoms with E-state index in [-0.39, 0.29) is 5.91 Å². The van der Waals surface area contributed by atoms with E-state index in [4.69, 9.17) is 5.73 Å². The van der Waals surface area contributed by atoms with Crippen LogP contribution in [0.15, 0.2) is 24.3 Å². The van der Waals surface area contributed by atoms with Gasteiger partial charge in [-0.05, 0) is 32.0 Å². The largest absolute Gasteiger partial charge is 0.397 e. The normalized spacial score (nSPS) is 19.2. The molecule has 4 nitrogen and oxygen atoms in total. The molecule has 1 fully saturated rings. The Morgan fingerprint density at radius 2 is 2.24 bits per heavy atom. The number of carbonyl (C=O) groups excluding carboxylic acids is 1. The number of rotatable bonds is 3. The molecule has 1 saturated heterocycles. The number of thiophene rings is 1. The Labute approximate surface area is 129 Å². The van der Waals surface area contributed by atoms with Crippen molar-refractivity contribution in [3.05, 3.63) is 29.1 Å². The molecule has 112 valence electrons. The highest BCUT2D eigenvalue weighted by Gasteiger charge is 2.25. The van der Waals surface area contributed by atoms with E-state index in [0.29, 0.717) is 16.5 Å². The van der Waals surface area contributed by atoms with E-state index in [1.54, 1.807) is 0 Å². The van der Waals surface area contributed by atoms with Crippen LogP contribution in [-0.2, 0) is 0 Å². The van der Waals surface area contributed by atoms with E-state index in [1.807, 2.05) is 36.2 Å². The Kier molecular flexibility index (Phi) is 3.87. The molecule has 1 unspecified atom stereocenters. The Morgan fingerprint density at radius 3 is 2.90 bits per heavy atom. The van der Waals surface area contributed by atoms with Gasteiger partial charge in [-0.2, -0.15) is 0 Å². The average molecular weight is 303 g/mol. The fourth-order valence-corrected chi connectivity index (χ4v) is 4.16. The van der Waals surface area contributed by atoms with E-state index >= 15 is 0 Å². The fraction of sp³-hybridized carbons (Fsp3) is 0.438. The number of benzene rings is 1. The van der Waals surface area contributed by atoms with Crippen LogP contribution in [0.2, 0.25) is 0 Å². The van der Waals surface area contributed by atoms with Crippen LogP contribution in [0.3, 0.4) is 0 Å². The van der Waals surface area contributed by atoms with Gasteiger partial charge in [-0.3, -0.25) is 4.79 Å². The molecule has 3 rings (SSSR count). The predicted molar refractivity (Wildman–Crippen MR) is 88.8 cm³/mol. The summed E-state index contributed by atoms with van der Waals surface area (Å²) in [5.41, 5.74) is 6.78. The van der Waals surface area contributed by atoms with Gasteiger partial charge in [0.25, 0.3) is 5.91 Å². The summed E-state index contributed by atoms with van der Waals surface area (Å²) in [6.45, 7) is 2.99. The molecule has 0 spiro atoms. The number of fused-ring (bicyclic) bond motifs is 1. The summed E-state index contributed by atoms with van der Waals surface area (Å²) in [4.78, 5) is 17.5. The van der Waals surface area contributed by atoms with Crippen LogP contribution in [0.5, 0.6) is 0 Å². The number of nitrogen functional groups attached to an aromatic ring is 1. The number of nitrogens with zero attached hydrogens (tertiary/aromatic N) is 2. The van der Waals surface area contributed by atoms with Gasteiger partial charge in [0.2, 0.25) is 0 Å². The highest BCUT2D eigenvalue weighted by Crippen LogP contribution is 2.34. The lowest BCUT2D eigenvalue weighted by atomic mass is 10.1. The van der Waals surface area contributed by atoms with Crippen molar-refractivity contribution in [2.24, 2.45) is 5.92 Å². The molecule has 0 radical (unpaired) electrons. The van der Waals surface area contributed by atoms with Gasteiger partial charge in [0.1, 0.15) is 4.88 Å². The quantitative estimate of drug-likeness (QED) is 0.948. The molecule has 1 amide bonds. The zero-order valence-electron chi connectivity index (χ0n) is 12.5. The van der Waals surface area contributed by atoms with Crippen LogP contribution in [0.4, 0.5) is 5.69 Å². The van der Waals surface area contributed by atoms with Gasteiger partial charge in [0.05, 0.1) is 5.69 Å². The van der Waals surface area contributed by atoms with Gasteiger partial charge in [-0.15, -0.1) is 11.3 Å². The zero-order chi connectivity index (χ0) is 15.0. The minimum atomic E-state index is 0.0447. The summed E-state index contributed by atoms with van der Waals surface area (Å²) in [6, 6.07) is 7.92. The van der Waals surface area contributed by atoms with Crippen molar-refractivity contribution >= 4 is 33.0 Å². The molecule has 0 bridgehead atoms. The summed E-state index contributed by atoms with van der Waals surface area (Å²) in [5, 5.41) is 0.986. The number of amides is 1. The van der Waals surface area contributed by atoms with Gasteiger partial charge in [-0.1, -0.05) is 18.2 Å². The first-order valence-electron chi connectivity index (χ1n) is 7.27. The van der Waals surface area contributed by atoms with Crippen LogP contribution < -0.4 is 5.73 Å². The lowest BCUT2D eigenvalue weighted by molar-refractivity contribution is 0.0780. The van der Waals surface area contributed by atoms with Crippen molar-refractivity contribution in [2.75, 3.05) is 39.5 Å². The molecule has 21 heavy (non-hydrogen) atoms. The molecule has 5 heteroatoms. The molecule has 0 aliphatic carbocycles. The topological polar surface area (TPSA) is 49.6 Å².